The summed E-state index contributed by atoms with van der Waals surface area (Å²) in [6.07, 6.45) is -2.76. The molecule has 1 fully saturated rings. The van der Waals surface area contributed by atoms with Gasteiger partial charge in [0.1, 0.15) is 28.7 Å². The molecule has 160 valence electrons. The predicted octanol–water partition coefficient (Wildman–Crippen LogP) is 5.43. The number of aromatic nitrogens is 2. The standard InChI is InChI=1S/C22H17F3N2O3S/c1-30-12-7-8-13(15(9-12)11-5-6-11)19-26-20-17(21(29)27(19)10-22(23,24)25)14-3-2-4-16(28)18(14)31-20/h2-4,7-9,11,28H,5-6,10H2,1H3. The Morgan fingerprint density at radius 1 is 1.26 bits per heavy atom. The zero-order chi connectivity index (χ0) is 21.9. The van der Waals surface area contributed by atoms with Crippen molar-refractivity contribution in [1.82, 2.24) is 9.55 Å². The second-order valence-electron chi connectivity index (χ2n) is 7.61. The van der Waals surface area contributed by atoms with Crippen LogP contribution in [0.25, 0.3) is 31.7 Å². The molecule has 0 saturated heterocycles. The lowest BCUT2D eigenvalue weighted by Crippen LogP contribution is -2.30. The van der Waals surface area contributed by atoms with Gasteiger partial charge in [-0.1, -0.05) is 12.1 Å². The normalized spacial score (nSPS) is 14.5. The Balaban J connectivity index is 1.86. The molecule has 1 saturated carbocycles. The van der Waals surface area contributed by atoms with Gasteiger partial charge in [-0.05, 0) is 48.6 Å². The average Bonchev–Trinajstić information content (AvgIpc) is 3.49. The summed E-state index contributed by atoms with van der Waals surface area (Å²) in [4.78, 5) is 18.2. The van der Waals surface area contributed by atoms with Gasteiger partial charge in [0.2, 0.25) is 0 Å². The molecule has 0 bridgehead atoms. The highest BCUT2D eigenvalue weighted by Crippen LogP contribution is 2.46. The van der Waals surface area contributed by atoms with Crippen molar-refractivity contribution >= 4 is 31.6 Å². The zero-order valence-corrected chi connectivity index (χ0v) is 17.2. The molecule has 0 atom stereocenters. The fraction of sp³-hybridized carbons (Fsp3) is 0.273. The number of hydrogen-bond acceptors (Lipinski definition) is 5. The van der Waals surface area contributed by atoms with Crippen molar-refractivity contribution in [3.05, 3.63) is 52.3 Å². The molecule has 31 heavy (non-hydrogen) atoms. The molecule has 1 aliphatic carbocycles. The largest absolute Gasteiger partial charge is 0.506 e. The van der Waals surface area contributed by atoms with E-state index in [1.807, 2.05) is 0 Å². The number of thiophene rings is 1. The molecule has 2 heterocycles. The fourth-order valence-electron chi connectivity index (χ4n) is 3.90. The summed E-state index contributed by atoms with van der Waals surface area (Å²) < 4.78 is 46.8. The van der Waals surface area contributed by atoms with Gasteiger partial charge in [-0.3, -0.25) is 9.36 Å². The molecular formula is C22H17F3N2O3S. The maximum atomic E-state index is 13.5. The third-order valence-corrected chi connectivity index (χ3v) is 6.57. The topological polar surface area (TPSA) is 64.3 Å². The monoisotopic (exact) mass is 446 g/mol. The van der Waals surface area contributed by atoms with Crippen molar-refractivity contribution in [1.29, 1.82) is 0 Å². The van der Waals surface area contributed by atoms with Crippen LogP contribution in [0.4, 0.5) is 13.2 Å². The van der Waals surface area contributed by atoms with Crippen LogP contribution in [0.3, 0.4) is 0 Å². The molecule has 0 unspecified atom stereocenters. The van der Waals surface area contributed by atoms with E-state index in [0.717, 1.165) is 29.7 Å². The van der Waals surface area contributed by atoms with Crippen LogP contribution in [-0.2, 0) is 6.54 Å². The van der Waals surface area contributed by atoms with E-state index in [-0.39, 0.29) is 22.9 Å². The van der Waals surface area contributed by atoms with Gasteiger partial charge in [0.05, 0.1) is 17.2 Å². The van der Waals surface area contributed by atoms with E-state index in [4.69, 9.17) is 4.74 Å². The van der Waals surface area contributed by atoms with Crippen LogP contribution in [0.5, 0.6) is 11.5 Å². The van der Waals surface area contributed by atoms with E-state index in [2.05, 4.69) is 4.98 Å². The van der Waals surface area contributed by atoms with Gasteiger partial charge in [0.15, 0.2) is 0 Å². The van der Waals surface area contributed by atoms with E-state index < -0.39 is 18.3 Å². The smallest absolute Gasteiger partial charge is 0.406 e. The van der Waals surface area contributed by atoms with Gasteiger partial charge in [0, 0.05) is 10.9 Å². The van der Waals surface area contributed by atoms with E-state index in [1.54, 1.807) is 30.3 Å². The van der Waals surface area contributed by atoms with Gasteiger partial charge in [0.25, 0.3) is 5.56 Å². The number of methoxy groups -OCH3 is 1. The maximum absolute atomic E-state index is 13.5. The summed E-state index contributed by atoms with van der Waals surface area (Å²) in [6.45, 7) is -1.45. The molecule has 0 spiro atoms. The minimum absolute atomic E-state index is 0.0228. The summed E-state index contributed by atoms with van der Waals surface area (Å²) in [6, 6.07) is 9.76. The number of aromatic hydroxyl groups is 1. The van der Waals surface area contributed by atoms with Crippen LogP contribution in [-0.4, -0.2) is 27.9 Å². The number of benzene rings is 2. The first-order valence-electron chi connectivity index (χ1n) is 9.67. The fourth-order valence-corrected chi connectivity index (χ4v) is 4.98. The number of rotatable bonds is 4. The van der Waals surface area contributed by atoms with Crippen molar-refractivity contribution in [3.8, 4) is 22.9 Å². The first kappa shape index (κ1) is 19.9. The lowest BCUT2D eigenvalue weighted by atomic mass is 10.0. The second-order valence-corrected chi connectivity index (χ2v) is 8.60. The molecule has 5 nitrogen and oxygen atoms in total. The lowest BCUT2D eigenvalue weighted by Gasteiger charge is -2.17. The van der Waals surface area contributed by atoms with E-state index >= 15 is 0 Å². The van der Waals surface area contributed by atoms with Crippen molar-refractivity contribution < 1.29 is 23.0 Å². The molecule has 0 amide bonds. The van der Waals surface area contributed by atoms with Crippen LogP contribution in [0.2, 0.25) is 0 Å². The number of phenols is 1. The number of hydrogen-bond donors (Lipinski definition) is 1. The van der Waals surface area contributed by atoms with E-state index in [0.29, 0.717) is 30.8 Å². The number of ether oxygens (including phenoxy) is 1. The maximum Gasteiger partial charge on any atom is 0.406 e. The highest BCUT2D eigenvalue weighted by atomic mass is 32.1. The number of nitrogens with zero attached hydrogens (tertiary/aromatic N) is 2. The summed E-state index contributed by atoms with van der Waals surface area (Å²) in [7, 11) is 1.53. The van der Waals surface area contributed by atoms with Gasteiger partial charge in [-0.2, -0.15) is 13.2 Å². The Labute approximate surface area is 178 Å². The molecule has 2 aromatic heterocycles. The van der Waals surface area contributed by atoms with Crippen molar-refractivity contribution in [3.63, 3.8) is 0 Å². The number of halogens is 3. The molecule has 4 aromatic rings. The lowest BCUT2D eigenvalue weighted by molar-refractivity contribution is -0.140. The molecule has 0 radical (unpaired) electrons. The Kier molecular flexibility index (Phi) is 4.47. The molecular weight excluding hydrogens is 429 g/mol. The van der Waals surface area contributed by atoms with Crippen LogP contribution >= 0.6 is 11.3 Å². The Hall–Kier alpha value is -3.07. The van der Waals surface area contributed by atoms with Crippen molar-refractivity contribution in [2.24, 2.45) is 0 Å². The van der Waals surface area contributed by atoms with Gasteiger partial charge in [-0.15, -0.1) is 11.3 Å². The van der Waals surface area contributed by atoms with Crippen LogP contribution in [0.1, 0.15) is 24.3 Å². The average molecular weight is 446 g/mol. The minimum atomic E-state index is -4.60. The quantitative estimate of drug-likeness (QED) is 0.454. The van der Waals surface area contributed by atoms with Crippen LogP contribution in [0, 0.1) is 0 Å². The van der Waals surface area contributed by atoms with Crippen LogP contribution < -0.4 is 10.3 Å². The van der Waals surface area contributed by atoms with E-state index in [9.17, 15) is 23.1 Å². The first-order chi connectivity index (χ1) is 14.8. The molecule has 5 rings (SSSR count). The highest BCUT2D eigenvalue weighted by Gasteiger charge is 2.33. The predicted molar refractivity (Wildman–Crippen MR) is 113 cm³/mol. The molecule has 0 aliphatic heterocycles. The Morgan fingerprint density at radius 3 is 2.71 bits per heavy atom. The molecule has 1 aliphatic rings. The number of phenolic OH excluding ortho intramolecular Hbond substituents is 1. The summed E-state index contributed by atoms with van der Waals surface area (Å²) in [5.74, 6) is 0.740. The molecule has 2 aromatic carbocycles. The Bertz CT molecular complexity index is 1390. The summed E-state index contributed by atoms with van der Waals surface area (Å²) in [5.41, 5.74) is 0.547. The van der Waals surface area contributed by atoms with Gasteiger partial charge in [-0.25, -0.2) is 4.98 Å². The summed E-state index contributed by atoms with van der Waals surface area (Å²) in [5, 5.41) is 10.7. The summed E-state index contributed by atoms with van der Waals surface area (Å²) >= 11 is 1.10. The molecule has 9 heteroatoms. The van der Waals surface area contributed by atoms with Crippen molar-refractivity contribution in [2.75, 3.05) is 7.11 Å². The number of fused-ring (bicyclic) bond motifs is 3. The Morgan fingerprint density at radius 2 is 2.03 bits per heavy atom. The van der Waals surface area contributed by atoms with Crippen molar-refractivity contribution in [2.45, 2.75) is 31.5 Å². The van der Waals surface area contributed by atoms with Gasteiger partial charge >= 0.3 is 6.18 Å². The molecule has 1 N–H and O–H groups in total. The first-order valence-corrected chi connectivity index (χ1v) is 10.5. The SMILES string of the molecule is COc1ccc(-c2nc3sc4c(O)cccc4c3c(=O)n2CC(F)(F)F)c(C2CC2)c1. The second kappa shape index (κ2) is 6.98. The highest BCUT2D eigenvalue weighted by molar-refractivity contribution is 7.25. The minimum Gasteiger partial charge on any atom is -0.506 e. The van der Waals surface area contributed by atoms with Gasteiger partial charge < -0.3 is 9.84 Å². The third-order valence-electron chi connectivity index (χ3n) is 5.45. The third kappa shape index (κ3) is 3.42. The van der Waals surface area contributed by atoms with Crippen LogP contribution in [0.15, 0.2) is 41.2 Å². The number of alkyl halides is 3. The van der Waals surface area contributed by atoms with E-state index in [1.165, 1.54) is 13.2 Å². The zero-order valence-electron chi connectivity index (χ0n) is 16.4.